The van der Waals surface area contributed by atoms with Crippen molar-refractivity contribution in [1.29, 1.82) is 0 Å². The highest BCUT2D eigenvalue weighted by Crippen LogP contribution is 2.34. The minimum absolute atomic E-state index is 0.0239. The number of nitrogens with one attached hydrogen (secondary N) is 1. The van der Waals surface area contributed by atoms with Crippen molar-refractivity contribution in [1.82, 2.24) is 19.3 Å². The number of carbonyl (C=O) groups is 1. The Morgan fingerprint density at radius 3 is 2.25 bits per heavy atom. The van der Waals surface area contributed by atoms with Crippen LogP contribution in [0.5, 0.6) is 11.5 Å². The minimum atomic E-state index is -3.06. The van der Waals surface area contributed by atoms with E-state index in [0.717, 1.165) is 33.6 Å². The standard InChI is InChI=1S/C27H19F4N5O4/c1-35-24(22-17(28)11-16(39-2)12-18(22)29)23(34-25(37)14-7-9-15(10-8-14)40-27(30)31)26(38)36(35)21-13-32-19-5-3-4-6-20(19)33-21/h3-13,27H,1-2H3,(H,34,37). The molecule has 1 amide bonds. The van der Waals surface area contributed by atoms with Gasteiger partial charge in [0.05, 0.1) is 29.9 Å². The lowest BCUT2D eigenvalue weighted by atomic mass is 10.1. The monoisotopic (exact) mass is 553 g/mol. The zero-order chi connectivity index (χ0) is 28.6. The maximum absolute atomic E-state index is 15.2. The van der Waals surface area contributed by atoms with E-state index in [9.17, 15) is 18.4 Å². The van der Waals surface area contributed by atoms with Crippen molar-refractivity contribution in [2.24, 2.45) is 7.05 Å². The molecule has 40 heavy (non-hydrogen) atoms. The molecule has 1 N–H and O–H groups in total. The number of hydrogen-bond acceptors (Lipinski definition) is 6. The second kappa shape index (κ2) is 10.5. The van der Waals surface area contributed by atoms with Gasteiger partial charge in [0.15, 0.2) is 5.82 Å². The maximum Gasteiger partial charge on any atom is 0.387 e. The van der Waals surface area contributed by atoms with E-state index in [-0.39, 0.29) is 28.6 Å². The third-order valence-corrected chi connectivity index (χ3v) is 5.99. The Morgan fingerprint density at radius 2 is 1.62 bits per heavy atom. The summed E-state index contributed by atoms with van der Waals surface area (Å²) in [6.07, 6.45) is 1.31. The molecule has 0 saturated carbocycles. The van der Waals surface area contributed by atoms with Gasteiger partial charge in [0.1, 0.15) is 34.5 Å². The van der Waals surface area contributed by atoms with Gasteiger partial charge < -0.3 is 14.8 Å². The van der Waals surface area contributed by atoms with Crippen molar-refractivity contribution >= 4 is 22.6 Å². The number of amides is 1. The van der Waals surface area contributed by atoms with Gasteiger partial charge in [0.2, 0.25) is 0 Å². The van der Waals surface area contributed by atoms with Crippen LogP contribution in [0.15, 0.2) is 71.7 Å². The van der Waals surface area contributed by atoms with Crippen LogP contribution in [0.2, 0.25) is 0 Å². The van der Waals surface area contributed by atoms with Gasteiger partial charge in [-0.3, -0.25) is 19.3 Å². The largest absolute Gasteiger partial charge is 0.497 e. The molecule has 2 aromatic heterocycles. The van der Waals surface area contributed by atoms with Crippen LogP contribution in [0.3, 0.4) is 0 Å². The molecule has 0 radical (unpaired) electrons. The Balaban J connectivity index is 1.67. The predicted octanol–water partition coefficient (Wildman–Crippen LogP) is 4.93. The highest BCUT2D eigenvalue weighted by atomic mass is 19.3. The molecule has 0 atom stereocenters. The van der Waals surface area contributed by atoms with E-state index in [4.69, 9.17) is 4.74 Å². The first-order valence-electron chi connectivity index (χ1n) is 11.6. The van der Waals surface area contributed by atoms with E-state index in [1.54, 1.807) is 24.3 Å². The molecular formula is C27H19F4N5O4. The molecule has 0 aliphatic rings. The molecule has 0 spiro atoms. The topological polar surface area (TPSA) is 100 Å². The third kappa shape index (κ3) is 4.84. The Kier molecular flexibility index (Phi) is 6.94. The van der Waals surface area contributed by atoms with E-state index in [1.807, 2.05) is 0 Å². The Bertz CT molecular complexity index is 1780. The lowest BCUT2D eigenvalue weighted by molar-refractivity contribution is -0.0498. The van der Waals surface area contributed by atoms with E-state index in [2.05, 4.69) is 20.0 Å². The number of hydrogen-bond donors (Lipinski definition) is 1. The van der Waals surface area contributed by atoms with Crippen LogP contribution in [0.25, 0.3) is 28.1 Å². The molecule has 9 nitrogen and oxygen atoms in total. The summed E-state index contributed by atoms with van der Waals surface area (Å²) in [5.41, 5.74) is -1.26. The summed E-state index contributed by atoms with van der Waals surface area (Å²) in [5, 5.41) is 2.41. The molecule has 0 fully saturated rings. The number of methoxy groups -OCH3 is 1. The number of carbonyl (C=O) groups excluding carboxylic acids is 1. The molecule has 0 saturated heterocycles. The first-order chi connectivity index (χ1) is 19.2. The zero-order valence-electron chi connectivity index (χ0n) is 20.9. The van der Waals surface area contributed by atoms with E-state index < -0.39 is 41.0 Å². The third-order valence-electron chi connectivity index (χ3n) is 5.99. The summed E-state index contributed by atoms with van der Waals surface area (Å²) in [5.74, 6) is -3.22. The van der Waals surface area contributed by atoms with Crippen LogP contribution >= 0.6 is 0 Å². The number of nitrogens with zero attached hydrogens (tertiary/aromatic N) is 4. The summed E-state index contributed by atoms with van der Waals surface area (Å²) in [7, 11) is 2.60. The van der Waals surface area contributed by atoms with Gasteiger partial charge in [-0.05, 0) is 36.4 Å². The number of benzene rings is 3. The van der Waals surface area contributed by atoms with Crippen molar-refractivity contribution in [2.45, 2.75) is 6.61 Å². The van der Waals surface area contributed by atoms with E-state index >= 15 is 8.78 Å². The molecule has 13 heteroatoms. The first kappa shape index (κ1) is 26.4. The van der Waals surface area contributed by atoms with E-state index in [1.165, 1.54) is 32.5 Å². The number of fused-ring (bicyclic) bond motifs is 1. The number of para-hydroxylation sites is 2. The lowest BCUT2D eigenvalue weighted by Crippen LogP contribution is -2.23. The normalized spacial score (nSPS) is 11.2. The smallest absolute Gasteiger partial charge is 0.387 e. The summed E-state index contributed by atoms with van der Waals surface area (Å²) in [6.45, 7) is -3.06. The van der Waals surface area contributed by atoms with Gasteiger partial charge in [-0.25, -0.2) is 13.8 Å². The Hall–Kier alpha value is -5.20. The molecule has 0 bridgehead atoms. The van der Waals surface area contributed by atoms with Crippen molar-refractivity contribution < 1.29 is 31.8 Å². The highest BCUT2D eigenvalue weighted by Gasteiger charge is 2.28. The molecule has 0 unspecified atom stereocenters. The van der Waals surface area contributed by atoms with Crippen molar-refractivity contribution in [3.63, 3.8) is 0 Å². The number of alkyl halides is 2. The van der Waals surface area contributed by atoms with Gasteiger partial charge in [-0.15, -0.1) is 0 Å². The van der Waals surface area contributed by atoms with Crippen LogP contribution < -0.4 is 20.3 Å². The fourth-order valence-electron chi connectivity index (χ4n) is 4.18. The number of anilines is 1. The molecular weight excluding hydrogens is 534 g/mol. The fourth-order valence-corrected chi connectivity index (χ4v) is 4.18. The summed E-state index contributed by atoms with van der Waals surface area (Å²) < 4.78 is 66.8. The van der Waals surface area contributed by atoms with Gasteiger partial charge in [-0.1, -0.05) is 12.1 Å². The average molecular weight is 553 g/mol. The molecule has 0 aliphatic heterocycles. The number of halogens is 4. The minimum Gasteiger partial charge on any atom is -0.497 e. The molecule has 3 aromatic carbocycles. The number of aromatic nitrogens is 4. The van der Waals surface area contributed by atoms with Gasteiger partial charge in [-0.2, -0.15) is 13.5 Å². The van der Waals surface area contributed by atoms with Gasteiger partial charge in [0.25, 0.3) is 11.5 Å². The molecule has 5 aromatic rings. The Labute approximate surface area is 223 Å². The molecule has 2 heterocycles. The van der Waals surface area contributed by atoms with Crippen molar-refractivity contribution in [3.05, 3.63) is 94.4 Å². The SMILES string of the molecule is COc1cc(F)c(-c2c(NC(=O)c3ccc(OC(F)F)cc3)c(=O)n(-c3cnc4ccccc4n3)n2C)c(F)c1. The van der Waals surface area contributed by atoms with Gasteiger partial charge >= 0.3 is 6.61 Å². The van der Waals surface area contributed by atoms with Crippen LogP contribution in [0, 0.1) is 11.6 Å². The fraction of sp³-hybridized carbons (Fsp3) is 0.111. The lowest BCUT2D eigenvalue weighted by Gasteiger charge is -2.13. The van der Waals surface area contributed by atoms with Crippen molar-refractivity contribution in [3.8, 4) is 28.6 Å². The number of ether oxygens (including phenoxy) is 2. The van der Waals surface area contributed by atoms with Crippen LogP contribution in [0.4, 0.5) is 23.2 Å². The number of rotatable bonds is 7. The summed E-state index contributed by atoms with van der Waals surface area (Å²) in [6, 6.07) is 13.4. The van der Waals surface area contributed by atoms with Crippen molar-refractivity contribution in [2.75, 3.05) is 12.4 Å². The second-order valence-corrected chi connectivity index (χ2v) is 8.40. The maximum atomic E-state index is 15.2. The molecule has 5 rings (SSSR count). The average Bonchev–Trinajstić information content (AvgIpc) is 3.16. The van der Waals surface area contributed by atoms with Crippen LogP contribution in [0.1, 0.15) is 10.4 Å². The highest BCUT2D eigenvalue weighted by molar-refractivity contribution is 6.06. The van der Waals surface area contributed by atoms with E-state index in [0.29, 0.717) is 11.0 Å². The summed E-state index contributed by atoms with van der Waals surface area (Å²) in [4.78, 5) is 35.5. The van der Waals surface area contributed by atoms with Crippen LogP contribution in [-0.4, -0.2) is 39.0 Å². The summed E-state index contributed by atoms with van der Waals surface area (Å²) >= 11 is 0. The molecule has 0 aliphatic carbocycles. The first-order valence-corrected chi connectivity index (χ1v) is 11.6. The zero-order valence-corrected chi connectivity index (χ0v) is 20.9. The Morgan fingerprint density at radius 1 is 0.975 bits per heavy atom. The molecule has 204 valence electrons. The predicted molar refractivity (Wildman–Crippen MR) is 137 cm³/mol. The van der Waals surface area contributed by atoms with Gasteiger partial charge in [0, 0.05) is 24.7 Å². The second-order valence-electron chi connectivity index (χ2n) is 8.40. The quantitative estimate of drug-likeness (QED) is 0.287. The van der Waals surface area contributed by atoms with Crippen LogP contribution in [-0.2, 0) is 7.05 Å².